The van der Waals surface area contributed by atoms with Crippen molar-refractivity contribution in [2.24, 2.45) is 5.73 Å². The zero-order valence-electron chi connectivity index (χ0n) is 8.92. The number of rotatable bonds is 1. The van der Waals surface area contributed by atoms with Crippen LogP contribution < -0.4 is 5.73 Å². The smallest absolute Gasteiger partial charge is 0.251 e. The molecule has 0 saturated carbocycles. The topological polar surface area (TPSA) is 67.7 Å². The maximum Gasteiger partial charge on any atom is 0.251 e. The van der Waals surface area contributed by atoms with Crippen molar-refractivity contribution in [3.05, 3.63) is 48.2 Å². The van der Waals surface area contributed by atoms with Gasteiger partial charge in [0.05, 0.1) is 16.6 Å². The zero-order valence-corrected chi connectivity index (χ0v) is 8.92. The minimum atomic E-state index is -0.464. The van der Waals surface area contributed by atoms with E-state index in [-0.39, 0.29) is 5.75 Å². The number of aromatic nitrogens is 1. The Hall–Kier alpha value is -2.49. The normalized spacial score (nSPS) is 11.1. The highest BCUT2D eigenvalue weighted by Gasteiger charge is 2.15. The van der Waals surface area contributed by atoms with Crippen LogP contribution in [-0.4, -0.2) is 15.4 Å². The molecule has 2 heterocycles. The Bertz CT molecular complexity index is 744. The third kappa shape index (κ3) is 1.27. The molecule has 3 N–H and O–H groups in total. The number of carbonyl (C=O) groups is 1. The third-order valence-electron chi connectivity index (χ3n) is 2.87. The Kier molecular flexibility index (Phi) is 1.86. The van der Waals surface area contributed by atoms with Crippen LogP contribution in [0, 0.1) is 0 Å². The molecule has 17 heavy (non-hydrogen) atoms. The predicted octanol–water partition coefficient (Wildman–Crippen LogP) is 1.90. The van der Waals surface area contributed by atoms with Crippen LogP contribution in [0.4, 0.5) is 0 Å². The lowest BCUT2D eigenvalue weighted by atomic mass is 10.1. The number of amides is 1. The van der Waals surface area contributed by atoms with E-state index in [0.29, 0.717) is 5.56 Å². The fourth-order valence-electron chi connectivity index (χ4n) is 2.18. The number of pyridine rings is 1. The molecule has 4 nitrogen and oxygen atoms in total. The highest BCUT2D eigenvalue weighted by Crippen LogP contribution is 2.28. The summed E-state index contributed by atoms with van der Waals surface area (Å²) >= 11 is 0. The molecular weight excluding hydrogens is 216 g/mol. The Morgan fingerprint density at radius 2 is 2.00 bits per heavy atom. The Morgan fingerprint density at radius 3 is 2.76 bits per heavy atom. The van der Waals surface area contributed by atoms with Crippen LogP contribution in [0.1, 0.15) is 10.4 Å². The van der Waals surface area contributed by atoms with E-state index >= 15 is 0 Å². The molecule has 2 aromatic heterocycles. The van der Waals surface area contributed by atoms with Gasteiger partial charge >= 0.3 is 0 Å². The van der Waals surface area contributed by atoms with Crippen molar-refractivity contribution in [2.75, 3.05) is 0 Å². The lowest BCUT2D eigenvalue weighted by molar-refractivity contribution is 0.100. The molecule has 1 amide bonds. The van der Waals surface area contributed by atoms with Gasteiger partial charge in [0.15, 0.2) is 0 Å². The molecule has 0 aliphatic heterocycles. The summed E-state index contributed by atoms with van der Waals surface area (Å²) in [6.45, 7) is 0. The van der Waals surface area contributed by atoms with Crippen LogP contribution in [-0.2, 0) is 0 Å². The molecule has 84 valence electrons. The summed E-state index contributed by atoms with van der Waals surface area (Å²) in [5, 5.41) is 10.3. The van der Waals surface area contributed by atoms with Crippen LogP contribution in [0.5, 0.6) is 5.75 Å². The highest BCUT2D eigenvalue weighted by atomic mass is 16.3. The van der Waals surface area contributed by atoms with E-state index in [9.17, 15) is 9.90 Å². The summed E-state index contributed by atoms with van der Waals surface area (Å²) in [6.07, 6.45) is 1.84. The largest absolute Gasteiger partial charge is 0.508 e. The van der Waals surface area contributed by atoms with Gasteiger partial charge in [-0.2, -0.15) is 0 Å². The Labute approximate surface area is 96.9 Å². The number of phenolic OH excluding ortho intramolecular Hbond substituents is 1. The fourth-order valence-corrected chi connectivity index (χ4v) is 2.18. The second kappa shape index (κ2) is 3.25. The van der Waals surface area contributed by atoms with Crippen molar-refractivity contribution >= 4 is 22.3 Å². The molecule has 3 rings (SSSR count). The number of nitrogens with two attached hydrogens (primary N) is 1. The molecule has 0 bridgehead atoms. The molecule has 0 spiro atoms. The Morgan fingerprint density at radius 1 is 1.18 bits per heavy atom. The summed E-state index contributed by atoms with van der Waals surface area (Å²) in [7, 11) is 0. The first-order chi connectivity index (χ1) is 8.18. The van der Waals surface area contributed by atoms with E-state index in [2.05, 4.69) is 0 Å². The van der Waals surface area contributed by atoms with E-state index in [0.717, 1.165) is 16.4 Å². The van der Waals surface area contributed by atoms with Gasteiger partial charge in [-0.3, -0.25) is 4.79 Å². The molecule has 4 heteroatoms. The number of benzene rings is 1. The fraction of sp³-hybridized carbons (Fsp3) is 0. The summed E-state index contributed by atoms with van der Waals surface area (Å²) in [5.74, 6) is -0.300. The van der Waals surface area contributed by atoms with Crippen LogP contribution >= 0.6 is 0 Å². The van der Waals surface area contributed by atoms with Gasteiger partial charge < -0.3 is 15.2 Å². The third-order valence-corrected chi connectivity index (χ3v) is 2.87. The second-order valence-corrected chi connectivity index (χ2v) is 3.90. The monoisotopic (exact) mass is 226 g/mol. The molecule has 0 aliphatic rings. The number of hydrogen-bond acceptors (Lipinski definition) is 2. The average molecular weight is 226 g/mol. The van der Waals surface area contributed by atoms with Crippen molar-refractivity contribution in [1.82, 2.24) is 4.40 Å². The number of primary amides is 1. The van der Waals surface area contributed by atoms with Gasteiger partial charge in [0.25, 0.3) is 5.91 Å². The van der Waals surface area contributed by atoms with Crippen LogP contribution in [0.3, 0.4) is 0 Å². The molecule has 3 aromatic rings. The number of aromatic hydroxyl groups is 1. The lowest BCUT2D eigenvalue weighted by Crippen LogP contribution is -2.10. The summed E-state index contributed by atoms with van der Waals surface area (Å²) in [4.78, 5) is 11.5. The zero-order chi connectivity index (χ0) is 12.0. The van der Waals surface area contributed by atoms with Crippen LogP contribution in [0.2, 0.25) is 0 Å². The molecule has 0 atom stereocenters. The maximum atomic E-state index is 11.5. The first-order valence-electron chi connectivity index (χ1n) is 5.20. The van der Waals surface area contributed by atoms with Gasteiger partial charge in [0, 0.05) is 17.6 Å². The van der Waals surface area contributed by atoms with Gasteiger partial charge in [-0.25, -0.2) is 0 Å². The van der Waals surface area contributed by atoms with Crippen molar-refractivity contribution < 1.29 is 9.90 Å². The highest BCUT2D eigenvalue weighted by molar-refractivity contribution is 6.13. The first kappa shape index (κ1) is 9.72. The molecule has 0 aliphatic carbocycles. The maximum absolute atomic E-state index is 11.5. The van der Waals surface area contributed by atoms with Crippen LogP contribution in [0.25, 0.3) is 16.4 Å². The van der Waals surface area contributed by atoms with Crippen molar-refractivity contribution in [2.45, 2.75) is 0 Å². The van der Waals surface area contributed by atoms with E-state index in [1.807, 2.05) is 28.8 Å². The molecular formula is C13H10N2O2. The molecule has 0 saturated heterocycles. The quantitative estimate of drug-likeness (QED) is 0.665. The minimum absolute atomic E-state index is 0.164. The number of hydrogen-bond donors (Lipinski definition) is 2. The molecule has 1 aromatic carbocycles. The van der Waals surface area contributed by atoms with Gasteiger partial charge in [0.1, 0.15) is 5.75 Å². The summed E-state index contributed by atoms with van der Waals surface area (Å²) in [5.41, 5.74) is 7.42. The van der Waals surface area contributed by atoms with Gasteiger partial charge in [-0.05, 0) is 24.3 Å². The number of phenols is 1. The van der Waals surface area contributed by atoms with Gasteiger partial charge in [-0.1, -0.05) is 6.07 Å². The van der Waals surface area contributed by atoms with Gasteiger partial charge in [-0.15, -0.1) is 0 Å². The number of carbonyl (C=O) groups excluding carboxylic acids is 1. The minimum Gasteiger partial charge on any atom is -0.508 e. The van der Waals surface area contributed by atoms with Crippen LogP contribution in [0.15, 0.2) is 42.6 Å². The summed E-state index contributed by atoms with van der Waals surface area (Å²) < 4.78 is 1.84. The van der Waals surface area contributed by atoms with E-state index in [4.69, 9.17) is 5.73 Å². The Balaban J connectivity index is 2.62. The molecule has 0 unspecified atom stereocenters. The van der Waals surface area contributed by atoms with Gasteiger partial charge in [0.2, 0.25) is 0 Å². The predicted molar refractivity (Wildman–Crippen MR) is 65.1 cm³/mol. The number of nitrogens with zero attached hydrogens (tertiary/aromatic N) is 1. The van der Waals surface area contributed by atoms with E-state index in [1.165, 1.54) is 0 Å². The second-order valence-electron chi connectivity index (χ2n) is 3.90. The molecule has 0 radical (unpaired) electrons. The average Bonchev–Trinajstić information content (AvgIpc) is 2.63. The first-order valence-corrected chi connectivity index (χ1v) is 5.20. The molecule has 0 fully saturated rings. The van der Waals surface area contributed by atoms with Crippen molar-refractivity contribution in [1.29, 1.82) is 0 Å². The summed E-state index contributed by atoms with van der Waals surface area (Å²) in [6, 6.07) is 10.4. The number of fused-ring (bicyclic) bond motifs is 3. The lowest BCUT2D eigenvalue weighted by Gasteiger charge is -1.96. The standard InChI is InChI=1S/C13H10N2O2/c14-13(17)12-9-5-4-8(16)7-11(9)15-6-2-1-3-10(12)15/h1-7,16H,(H2,14,17). The van der Waals surface area contributed by atoms with E-state index in [1.54, 1.807) is 18.2 Å². The van der Waals surface area contributed by atoms with Crippen molar-refractivity contribution in [3.63, 3.8) is 0 Å². The SMILES string of the molecule is NC(=O)c1c2ccc(O)cc2n2ccccc12. The van der Waals surface area contributed by atoms with E-state index < -0.39 is 5.91 Å². The van der Waals surface area contributed by atoms with Crippen molar-refractivity contribution in [3.8, 4) is 5.75 Å².